The van der Waals surface area contributed by atoms with Crippen LogP contribution in [-0.4, -0.2) is 29.6 Å². The van der Waals surface area contributed by atoms with Crippen molar-refractivity contribution in [2.75, 3.05) is 19.6 Å². The summed E-state index contributed by atoms with van der Waals surface area (Å²) in [6.45, 7) is 3.32. The average Bonchev–Trinajstić information content (AvgIpc) is 2.63. The highest BCUT2D eigenvalue weighted by molar-refractivity contribution is 6.30. The molecular weight excluding hydrogens is 306 g/mol. The summed E-state index contributed by atoms with van der Waals surface area (Å²) in [6.07, 6.45) is 2.38. The summed E-state index contributed by atoms with van der Waals surface area (Å²) in [7, 11) is 0. The van der Waals surface area contributed by atoms with Gasteiger partial charge in [-0.25, -0.2) is 0 Å². The molecule has 3 heteroatoms. The minimum Gasteiger partial charge on any atom is -0.380 e. The third-order valence-electron chi connectivity index (χ3n) is 5.69. The molecular formula is C20H22ClNO. The van der Waals surface area contributed by atoms with Crippen LogP contribution < -0.4 is 0 Å². The topological polar surface area (TPSA) is 23.5 Å². The van der Waals surface area contributed by atoms with Crippen LogP contribution in [-0.2, 0) is 5.60 Å². The number of aliphatic hydroxyl groups is 1. The molecule has 1 N–H and O–H groups in total. The van der Waals surface area contributed by atoms with E-state index >= 15 is 0 Å². The summed E-state index contributed by atoms with van der Waals surface area (Å²) in [5, 5.41) is 12.6. The van der Waals surface area contributed by atoms with Crippen LogP contribution in [0.1, 0.15) is 24.0 Å². The third-order valence-corrected chi connectivity index (χ3v) is 5.94. The highest BCUT2D eigenvalue weighted by Gasteiger charge is 2.48. The molecule has 0 aliphatic carbocycles. The maximum absolute atomic E-state index is 11.9. The standard InChI is InChI=1S/C20H22ClNO/c21-18-8-6-17(7-9-18)20(23,16-4-2-1-3-5-16)19-14-22-12-10-15(19)11-13-22/h1-9,15,19,23H,10-14H2/t19-,20+/m0/s1. The van der Waals surface area contributed by atoms with E-state index in [1.54, 1.807) is 0 Å². The molecule has 0 spiro atoms. The zero-order chi connectivity index (χ0) is 15.9. The van der Waals surface area contributed by atoms with E-state index in [9.17, 15) is 5.11 Å². The summed E-state index contributed by atoms with van der Waals surface area (Å²) in [4.78, 5) is 2.49. The van der Waals surface area contributed by atoms with E-state index in [0.29, 0.717) is 10.9 Å². The van der Waals surface area contributed by atoms with E-state index in [4.69, 9.17) is 11.6 Å². The Morgan fingerprint density at radius 3 is 2.09 bits per heavy atom. The quantitative estimate of drug-likeness (QED) is 0.923. The van der Waals surface area contributed by atoms with Gasteiger partial charge in [0.15, 0.2) is 0 Å². The number of nitrogens with zero attached hydrogens (tertiary/aromatic N) is 1. The fourth-order valence-corrected chi connectivity index (χ4v) is 4.56. The van der Waals surface area contributed by atoms with E-state index in [-0.39, 0.29) is 5.92 Å². The van der Waals surface area contributed by atoms with Crippen LogP contribution in [0.5, 0.6) is 0 Å². The maximum atomic E-state index is 11.9. The van der Waals surface area contributed by atoms with E-state index < -0.39 is 5.60 Å². The minimum absolute atomic E-state index is 0.230. The Morgan fingerprint density at radius 1 is 0.913 bits per heavy atom. The molecule has 3 saturated heterocycles. The van der Waals surface area contributed by atoms with E-state index in [1.165, 1.54) is 25.9 Å². The molecule has 0 radical (unpaired) electrons. The molecule has 120 valence electrons. The van der Waals surface area contributed by atoms with Crippen LogP contribution in [0.3, 0.4) is 0 Å². The van der Waals surface area contributed by atoms with Crippen molar-refractivity contribution in [3.05, 3.63) is 70.7 Å². The van der Waals surface area contributed by atoms with Gasteiger partial charge in [0.2, 0.25) is 0 Å². The van der Waals surface area contributed by atoms with Gasteiger partial charge in [-0.15, -0.1) is 0 Å². The van der Waals surface area contributed by atoms with Gasteiger partial charge in [0.1, 0.15) is 5.60 Å². The highest BCUT2D eigenvalue weighted by atomic mass is 35.5. The Kier molecular flexibility index (Phi) is 3.92. The molecule has 0 unspecified atom stereocenters. The van der Waals surface area contributed by atoms with Crippen LogP contribution in [0.4, 0.5) is 0 Å². The SMILES string of the molecule is O[C@](c1ccccc1)(c1ccc(Cl)cc1)[C@H]1CN2CCC1CC2. The van der Waals surface area contributed by atoms with E-state index in [2.05, 4.69) is 4.90 Å². The van der Waals surface area contributed by atoms with Crippen molar-refractivity contribution in [3.8, 4) is 0 Å². The zero-order valence-electron chi connectivity index (χ0n) is 13.2. The molecule has 5 rings (SSSR count). The van der Waals surface area contributed by atoms with E-state index in [1.807, 2.05) is 54.6 Å². The smallest absolute Gasteiger partial charge is 0.119 e. The monoisotopic (exact) mass is 327 g/mol. The number of fused-ring (bicyclic) bond motifs is 3. The van der Waals surface area contributed by atoms with Crippen molar-refractivity contribution in [1.29, 1.82) is 0 Å². The first-order valence-electron chi connectivity index (χ1n) is 8.44. The molecule has 3 aliphatic rings. The van der Waals surface area contributed by atoms with Gasteiger partial charge < -0.3 is 10.0 Å². The first kappa shape index (κ1) is 15.2. The fourth-order valence-electron chi connectivity index (χ4n) is 4.43. The van der Waals surface area contributed by atoms with Crippen LogP contribution >= 0.6 is 11.6 Å². The summed E-state index contributed by atoms with van der Waals surface area (Å²) < 4.78 is 0. The molecule has 2 bridgehead atoms. The molecule has 0 aromatic heterocycles. The average molecular weight is 328 g/mol. The number of piperidine rings is 3. The molecule has 2 aromatic carbocycles. The van der Waals surface area contributed by atoms with Crippen molar-refractivity contribution in [2.45, 2.75) is 18.4 Å². The van der Waals surface area contributed by atoms with Crippen molar-refractivity contribution in [2.24, 2.45) is 11.8 Å². The number of rotatable bonds is 3. The Balaban J connectivity index is 1.82. The largest absolute Gasteiger partial charge is 0.380 e. The van der Waals surface area contributed by atoms with Crippen molar-refractivity contribution < 1.29 is 5.11 Å². The zero-order valence-corrected chi connectivity index (χ0v) is 13.9. The van der Waals surface area contributed by atoms with E-state index in [0.717, 1.165) is 17.7 Å². The molecule has 3 fully saturated rings. The second-order valence-corrected chi connectivity index (χ2v) is 7.32. The van der Waals surface area contributed by atoms with Gasteiger partial charge in [0.25, 0.3) is 0 Å². The lowest BCUT2D eigenvalue weighted by Crippen LogP contribution is -2.55. The first-order valence-corrected chi connectivity index (χ1v) is 8.82. The summed E-state index contributed by atoms with van der Waals surface area (Å²) in [6, 6.07) is 17.8. The number of halogens is 1. The van der Waals surface area contributed by atoms with Gasteiger partial charge in [-0.2, -0.15) is 0 Å². The van der Waals surface area contributed by atoms with Crippen molar-refractivity contribution in [1.82, 2.24) is 4.90 Å². The predicted molar refractivity (Wildman–Crippen MR) is 93.5 cm³/mol. The molecule has 3 aliphatic heterocycles. The predicted octanol–water partition coefficient (Wildman–Crippen LogP) is 3.92. The number of hydrogen-bond donors (Lipinski definition) is 1. The molecule has 0 saturated carbocycles. The summed E-state index contributed by atoms with van der Waals surface area (Å²) >= 11 is 6.07. The van der Waals surface area contributed by atoms with Gasteiger partial charge in [-0.1, -0.05) is 54.1 Å². The van der Waals surface area contributed by atoms with Gasteiger partial charge in [-0.05, 0) is 55.1 Å². The Labute approximate surface area is 142 Å². The lowest BCUT2D eigenvalue weighted by molar-refractivity contribution is -0.0764. The van der Waals surface area contributed by atoms with Gasteiger partial charge in [0.05, 0.1) is 0 Å². The molecule has 3 heterocycles. The number of benzene rings is 2. The normalized spacial score (nSPS) is 29.2. The minimum atomic E-state index is -0.949. The van der Waals surface area contributed by atoms with Crippen molar-refractivity contribution in [3.63, 3.8) is 0 Å². The lowest BCUT2D eigenvalue weighted by atomic mass is 9.65. The third kappa shape index (κ3) is 2.59. The van der Waals surface area contributed by atoms with Crippen LogP contribution in [0.2, 0.25) is 5.02 Å². The Bertz CT molecular complexity index is 664. The number of hydrogen-bond acceptors (Lipinski definition) is 2. The Morgan fingerprint density at radius 2 is 1.52 bits per heavy atom. The molecule has 2 aromatic rings. The summed E-state index contributed by atoms with van der Waals surface area (Å²) in [5.74, 6) is 0.814. The summed E-state index contributed by atoms with van der Waals surface area (Å²) in [5.41, 5.74) is 0.989. The van der Waals surface area contributed by atoms with Gasteiger partial charge in [-0.3, -0.25) is 0 Å². The van der Waals surface area contributed by atoms with Crippen LogP contribution in [0.25, 0.3) is 0 Å². The highest BCUT2D eigenvalue weighted by Crippen LogP contribution is 2.47. The van der Waals surface area contributed by atoms with Crippen LogP contribution in [0.15, 0.2) is 54.6 Å². The molecule has 2 atom stereocenters. The molecule has 23 heavy (non-hydrogen) atoms. The molecule has 2 nitrogen and oxygen atoms in total. The fraction of sp³-hybridized carbons (Fsp3) is 0.400. The lowest BCUT2D eigenvalue weighted by Gasteiger charge is -2.51. The Hall–Kier alpha value is -1.35. The second-order valence-electron chi connectivity index (χ2n) is 6.88. The first-order chi connectivity index (χ1) is 11.2. The van der Waals surface area contributed by atoms with Crippen molar-refractivity contribution >= 4 is 11.6 Å². The second kappa shape index (κ2) is 5.94. The maximum Gasteiger partial charge on any atom is 0.119 e. The van der Waals surface area contributed by atoms with Gasteiger partial charge in [0, 0.05) is 17.5 Å². The van der Waals surface area contributed by atoms with Gasteiger partial charge >= 0.3 is 0 Å². The van der Waals surface area contributed by atoms with Crippen LogP contribution in [0, 0.1) is 11.8 Å². The molecule has 0 amide bonds.